The minimum absolute atomic E-state index is 0.549. The molecule has 0 unspecified atom stereocenters. The van der Waals surface area contributed by atoms with Gasteiger partial charge in [0.1, 0.15) is 0 Å². The Labute approximate surface area is 83.3 Å². The van der Waals surface area contributed by atoms with Crippen LogP contribution in [0.4, 0.5) is 5.82 Å². The van der Waals surface area contributed by atoms with E-state index in [1.165, 1.54) is 5.01 Å². The lowest BCUT2D eigenvalue weighted by atomic mass is 10.4. The minimum Gasteiger partial charge on any atom is -0.308 e. The minimum atomic E-state index is 0.549. The number of aromatic nitrogens is 1. The molecular formula is C9H14N4O. The van der Waals surface area contributed by atoms with E-state index >= 15 is 0 Å². The number of nitroso groups, excluding NO2 is 1. The summed E-state index contributed by atoms with van der Waals surface area (Å²) < 4.78 is 0. The number of likely N-dealkylation sites (N-methyl/N-ethyl adjacent to an activating group) is 1. The topological polar surface area (TPSA) is 48.8 Å². The lowest BCUT2D eigenvalue weighted by molar-refractivity contribution is 0.413. The van der Waals surface area contributed by atoms with Gasteiger partial charge in [-0.25, -0.2) is 9.99 Å². The molecule has 0 saturated carbocycles. The highest BCUT2D eigenvalue weighted by Crippen LogP contribution is 2.08. The molecular weight excluding hydrogens is 180 g/mol. The third-order valence-corrected chi connectivity index (χ3v) is 1.77. The summed E-state index contributed by atoms with van der Waals surface area (Å²) in [6, 6.07) is 5.39. The van der Waals surface area contributed by atoms with Gasteiger partial charge in [-0.1, -0.05) is 6.07 Å². The van der Waals surface area contributed by atoms with Crippen molar-refractivity contribution in [2.75, 3.05) is 32.2 Å². The van der Waals surface area contributed by atoms with Gasteiger partial charge in [-0.2, -0.15) is 0 Å². The molecule has 0 fully saturated rings. The van der Waals surface area contributed by atoms with Gasteiger partial charge in [0.2, 0.25) is 0 Å². The lowest BCUT2D eigenvalue weighted by Gasteiger charge is -2.16. The summed E-state index contributed by atoms with van der Waals surface area (Å²) in [7, 11) is 3.89. The Balaban J connectivity index is 2.59. The van der Waals surface area contributed by atoms with Gasteiger partial charge in [0.25, 0.3) is 0 Å². The zero-order chi connectivity index (χ0) is 10.4. The third-order valence-electron chi connectivity index (χ3n) is 1.77. The van der Waals surface area contributed by atoms with Crippen molar-refractivity contribution in [2.24, 2.45) is 5.29 Å². The first-order valence-electron chi connectivity index (χ1n) is 4.40. The second-order valence-electron chi connectivity index (χ2n) is 3.20. The molecule has 1 rings (SSSR count). The van der Waals surface area contributed by atoms with Crippen LogP contribution < -0.4 is 5.01 Å². The molecule has 0 aliphatic carbocycles. The normalized spacial score (nSPS) is 10.2. The van der Waals surface area contributed by atoms with Crippen molar-refractivity contribution in [2.45, 2.75) is 0 Å². The Morgan fingerprint density at radius 1 is 1.36 bits per heavy atom. The maximum absolute atomic E-state index is 10.5. The maximum atomic E-state index is 10.5. The Morgan fingerprint density at radius 2 is 2.14 bits per heavy atom. The van der Waals surface area contributed by atoms with E-state index in [0.717, 1.165) is 6.54 Å². The Kier molecular flexibility index (Phi) is 4.00. The Morgan fingerprint density at radius 3 is 2.64 bits per heavy atom. The fraction of sp³-hybridized carbons (Fsp3) is 0.444. The van der Waals surface area contributed by atoms with E-state index in [4.69, 9.17) is 0 Å². The first-order valence-corrected chi connectivity index (χ1v) is 4.40. The zero-order valence-electron chi connectivity index (χ0n) is 8.42. The molecule has 1 aromatic rings. The fourth-order valence-electron chi connectivity index (χ4n) is 0.998. The van der Waals surface area contributed by atoms with Crippen molar-refractivity contribution in [1.29, 1.82) is 0 Å². The summed E-state index contributed by atoms with van der Waals surface area (Å²) in [5.41, 5.74) is 0. The molecule has 5 nitrogen and oxygen atoms in total. The number of anilines is 1. The van der Waals surface area contributed by atoms with Crippen molar-refractivity contribution >= 4 is 5.82 Å². The van der Waals surface area contributed by atoms with Crippen LogP contribution in [0.15, 0.2) is 29.7 Å². The third kappa shape index (κ3) is 3.10. The molecule has 0 saturated heterocycles. The van der Waals surface area contributed by atoms with Crippen LogP contribution in [0.5, 0.6) is 0 Å². The predicted molar refractivity (Wildman–Crippen MR) is 55.9 cm³/mol. The van der Waals surface area contributed by atoms with Gasteiger partial charge in [0.15, 0.2) is 5.82 Å². The predicted octanol–water partition coefficient (Wildman–Crippen LogP) is 1.13. The van der Waals surface area contributed by atoms with Gasteiger partial charge in [0.05, 0.1) is 11.8 Å². The van der Waals surface area contributed by atoms with Gasteiger partial charge in [-0.15, -0.1) is 4.91 Å². The fourth-order valence-corrected chi connectivity index (χ4v) is 0.998. The van der Waals surface area contributed by atoms with Crippen LogP contribution in [-0.2, 0) is 0 Å². The Bertz CT molecular complexity index is 275. The summed E-state index contributed by atoms with van der Waals surface area (Å²) >= 11 is 0. The van der Waals surface area contributed by atoms with Gasteiger partial charge in [-0.3, -0.25) is 0 Å². The average Bonchev–Trinajstić information content (AvgIpc) is 2.20. The summed E-state index contributed by atoms with van der Waals surface area (Å²) in [6.45, 7) is 1.32. The summed E-state index contributed by atoms with van der Waals surface area (Å²) in [6.07, 6.45) is 1.64. The summed E-state index contributed by atoms with van der Waals surface area (Å²) in [4.78, 5) is 16.6. The largest absolute Gasteiger partial charge is 0.308 e. The van der Waals surface area contributed by atoms with E-state index in [1.807, 2.05) is 25.1 Å². The van der Waals surface area contributed by atoms with Crippen molar-refractivity contribution in [3.05, 3.63) is 29.3 Å². The molecule has 0 aliphatic rings. The SMILES string of the molecule is CN(C)CCN(N=O)c1ccccn1. The van der Waals surface area contributed by atoms with Crippen LogP contribution in [0.1, 0.15) is 0 Å². The smallest absolute Gasteiger partial charge is 0.151 e. The van der Waals surface area contributed by atoms with Crippen molar-refractivity contribution < 1.29 is 0 Å². The molecule has 0 aromatic carbocycles. The van der Waals surface area contributed by atoms with Crippen LogP contribution in [0.2, 0.25) is 0 Å². The molecule has 0 atom stereocenters. The van der Waals surface area contributed by atoms with Gasteiger partial charge in [-0.05, 0) is 26.2 Å². The van der Waals surface area contributed by atoms with E-state index in [1.54, 1.807) is 18.3 Å². The van der Waals surface area contributed by atoms with Crippen LogP contribution >= 0.6 is 0 Å². The average molecular weight is 194 g/mol. The zero-order valence-corrected chi connectivity index (χ0v) is 8.42. The monoisotopic (exact) mass is 194 g/mol. The first kappa shape index (κ1) is 10.6. The number of pyridine rings is 1. The molecule has 14 heavy (non-hydrogen) atoms. The standard InChI is InChI=1S/C9H14N4O/c1-12(2)7-8-13(11-14)9-5-3-4-6-10-9/h3-6H,7-8H2,1-2H3. The van der Waals surface area contributed by atoms with Crippen LogP contribution in [-0.4, -0.2) is 37.1 Å². The van der Waals surface area contributed by atoms with Crippen molar-refractivity contribution in [3.63, 3.8) is 0 Å². The molecule has 0 amide bonds. The highest BCUT2D eigenvalue weighted by molar-refractivity contribution is 5.35. The van der Waals surface area contributed by atoms with Crippen LogP contribution in [0, 0.1) is 4.91 Å². The quantitative estimate of drug-likeness (QED) is 0.521. The number of hydrogen-bond donors (Lipinski definition) is 0. The highest BCUT2D eigenvalue weighted by Gasteiger charge is 2.06. The van der Waals surface area contributed by atoms with Crippen molar-refractivity contribution in [3.8, 4) is 0 Å². The second kappa shape index (κ2) is 5.29. The first-order chi connectivity index (χ1) is 6.74. The van der Waals surface area contributed by atoms with Crippen molar-refractivity contribution in [1.82, 2.24) is 9.88 Å². The second-order valence-corrected chi connectivity index (χ2v) is 3.20. The number of nitrogens with zero attached hydrogens (tertiary/aromatic N) is 4. The molecule has 0 bridgehead atoms. The van der Waals surface area contributed by atoms with E-state index in [0.29, 0.717) is 12.4 Å². The molecule has 0 N–H and O–H groups in total. The summed E-state index contributed by atoms with van der Waals surface area (Å²) in [5, 5.41) is 4.27. The van der Waals surface area contributed by atoms with E-state index in [-0.39, 0.29) is 0 Å². The molecule has 0 radical (unpaired) electrons. The van der Waals surface area contributed by atoms with E-state index < -0.39 is 0 Å². The number of hydrogen-bond acceptors (Lipinski definition) is 4. The molecule has 1 aromatic heterocycles. The number of rotatable bonds is 5. The molecule has 76 valence electrons. The molecule has 0 spiro atoms. The van der Waals surface area contributed by atoms with E-state index in [2.05, 4.69) is 10.3 Å². The molecule has 5 heteroatoms. The van der Waals surface area contributed by atoms with Gasteiger partial charge < -0.3 is 4.90 Å². The summed E-state index contributed by atoms with van der Waals surface area (Å²) in [5.74, 6) is 0.587. The van der Waals surface area contributed by atoms with Crippen LogP contribution in [0.25, 0.3) is 0 Å². The Hall–Kier alpha value is -1.49. The molecule has 0 aliphatic heterocycles. The van der Waals surface area contributed by atoms with E-state index in [9.17, 15) is 4.91 Å². The highest BCUT2D eigenvalue weighted by atomic mass is 16.3. The van der Waals surface area contributed by atoms with Crippen LogP contribution in [0.3, 0.4) is 0 Å². The molecule has 1 heterocycles. The van der Waals surface area contributed by atoms with Gasteiger partial charge >= 0.3 is 0 Å². The lowest BCUT2D eigenvalue weighted by Crippen LogP contribution is -2.27. The maximum Gasteiger partial charge on any atom is 0.151 e. The van der Waals surface area contributed by atoms with Gasteiger partial charge in [0, 0.05) is 12.7 Å².